The first-order chi connectivity index (χ1) is 10.3. The molecule has 3 rings (SSSR count). The van der Waals surface area contributed by atoms with E-state index in [1.54, 1.807) is 12.4 Å². The van der Waals surface area contributed by atoms with Crippen molar-refractivity contribution < 1.29 is 5.21 Å². The van der Waals surface area contributed by atoms with Gasteiger partial charge in [0, 0.05) is 24.6 Å². The minimum atomic E-state index is -0.0279. The van der Waals surface area contributed by atoms with Crippen LogP contribution in [0.3, 0.4) is 0 Å². The summed E-state index contributed by atoms with van der Waals surface area (Å²) in [5.74, 6) is 0.599. The summed E-state index contributed by atoms with van der Waals surface area (Å²) in [7, 11) is 0. The van der Waals surface area contributed by atoms with E-state index < -0.39 is 0 Å². The first kappa shape index (κ1) is 13.4. The van der Waals surface area contributed by atoms with Crippen molar-refractivity contribution in [3.63, 3.8) is 0 Å². The number of nitrogens with zero attached hydrogens (tertiary/aromatic N) is 4. The molecule has 6 nitrogen and oxygen atoms in total. The highest BCUT2D eigenvalue weighted by Crippen LogP contribution is 2.32. The fourth-order valence-electron chi connectivity index (χ4n) is 2.67. The van der Waals surface area contributed by atoms with Crippen molar-refractivity contribution in [3.8, 4) is 0 Å². The van der Waals surface area contributed by atoms with E-state index in [0.717, 1.165) is 31.5 Å². The smallest absolute Gasteiger partial charge is 0.192 e. The lowest BCUT2D eigenvalue weighted by molar-refractivity contribution is 0.318. The summed E-state index contributed by atoms with van der Waals surface area (Å²) in [4.78, 5) is 10.7. The average Bonchev–Trinajstić information content (AvgIpc) is 2.76. The van der Waals surface area contributed by atoms with Gasteiger partial charge in [0.25, 0.3) is 0 Å². The third kappa shape index (κ3) is 2.52. The number of hydrogen-bond acceptors (Lipinski definition) is 5. The molecule has 2 aromatic rings. The summed E-state index contributed by atoms with van der Waals surface area (Å²) in [5.41, 5.74) is 8.53. The van der Waals surface area contributed by atoms with Gasteiger partial charge >= 0.3 is 0 Å². The van der Waals surface area contributed by atoms with Gasteiger partial charge in [0.05, 0.1) is 0 Å². The summed E-state index contributed by atoms with van der Waals surface area (Å²) in [6, 6.07) is 8.26. The zero-order chi connectivity index (χ0) is 14.7. The molecular formula is C15H17N5O. The number of hydrogen-bond donors (Lipinski definition) is 2. The van der Waals surface area contributed by atoms with Gasteiger partial charge in [-0.15, -0.1) is 0 Å². The van der Waals surface area contributed by atoms with Gasteiger partial charge in [-0.1, -0.05) is 23.4 Å². The van der Waals surface area contributed by atoms with E-state index in [4.69, 9.17) is 10.9 Å². The van der Waals surface area contributed by atoms with Gasteiger partial charge in [0.1, 0.15) is 0 Å². The van der Waals surface area contributed by atoms with Gasteiger partial charge in [-0.3, -0.25) is 0 Å². The lowest BCUT2D eigenvalue weighted by atomic mass is 10.1. The SMILES string of the molecule is NC(=NO)c1nccnc1N1CCCCc2ccccc21. The van der Waals surface area contributed by atoms with Crippen LogP contribution in [0.1, 0.15) is 24.1 Å². The Labute approximate surface area is 122 Å². The van der Waals surface area contributed by atoms with Crippen molar-refractivity contribution in [3.05, 3.63) is 47.9 Å². The number of nitrogens with two attached hydrogens (primary N) is 1. The standard InChI is InChI=1S/C15H17N5O/c16-14(19-21)13-15(18-9-8-17-13)20-10-4-3-6-11-5-1-2-7-12(11)20/h1-2,5,7-9,21H,3-4,6,10H2,(H2,16,19). The van der Waals surface area contributed by atoms with E-state index in [-0.39, 0.29) is 5.84 Å². The second kappa shape index (κ2) is 5.78. The molecule has 3 N–H and O–H groups in total. The highest BCUT2D eigenvalue weighted by Gasteiger charge is 2.22. The number of aryl methyl sites for hydroxylation is 1. The molecule has 0 radical (unpaired) electrons. The number of oxime groups is 1. The van der Waals surface area contributed by atoms with Crippen LogP contribution in [0.5, 0.6) is 0 Å². The van der Waals surface area contributed by atoms with Crippen LogP contribution in [-0.4, -0.2) is 27.6 Å². The summed E-state index contributed by atoms with van der Waals surface area (Å²) >= 11 is 0. The van der Waals surface area contributed by atoms with Crippen molar-refractivity contribution >= 4 is 17.3 Å². The fraction of sp³-hybridized carbons (Fsp3) is 0.267. The molecule has 0 aliphatic carbocycles. The first-order valence-electron chi connectivity index (χ1n) is 6.95. The third-order valence-electron chi connectivity index (χ3n) is 3.65. The molecule has 1 aliphatic rings. The van der Waals surface area contributed by atoms with Crippen LogP contribution in [0.15, 0.2) is 41.8 Å². The van der Waals surface area contributed by atoms with E-state index in [1.165, 1.54) is 5.56 Å². The van der Waals surface area contributed by atoms with Crippen molar-refractivity contribution in [2.75, 3.05) is 11.4 Å². The molecule has 0 bridgehead atoms. The normalized spacial score (nSPS) is 15.4. The van der Waals surface area contributed by atoms with Crippen molar-refractivity contribution in [1.82, 2.24) is 9.97 Å². The molecule has 21 heavy (non-hydrogen) atoms. The summed E-state index contributed by atoms with van der Waals surface area (Å²) in [6.07, 6.45) is 6.40. The van der Waals surface area contributed by atoms with E-state index in [0.29, 0.717) is 11.5 Å². The van der Waals surface area contributed by atoms with E-state index in [9.17, 15) is 0 Å². The van der Waals surface area contributed by atoms with Gasteiger partial charge in [0.2, 0.25) is 0 Å². The van der Waals surface area contributed by atoms with Crippen LogP contribution in [0.2, 0.25) is 0 Å². The van der Waals surface area contributed by atoms with Crippen LogP contribution >= 0.6 is 0 Å². The van der Waals surface area contributed by atoms with Gasteiger partial charge in [0.15, 0.2) is 17.3 Å². The van der Waals surface area contributed by atoms with Crippen LogP contribution in [0.25, 0.3) is 0 Å². The van der Waals surface area contributed by atoms with Gasteiger partial charge in [-0.05, 0) is 30.9 Å². The Morgan fingerprint density at radius 2 is 2.00 bits per heavy atom. The fourth-order valence-corrected chi connectivity index (χ4v) is 2.67. The van der Waals surface area contributed by atoms with Crippen molar-refractivity contribution in [2.45, 2.75) is 19.3 Å². The number of aromatic nitrogens is 2. The number of anilines is 2. The number of fused-ring (bicyclic) bond motifs is 1. The van der Waals surface area contributed by atoms with E-state index in [2.05, 4.69) is 32.2 Å². The van der Waals surface area contributed by atoms with Crippen LogP contribution in [-0.2, 0) is 6.42 Å². The minimum absolute atomic E-state index is 0.0279. The lowest BCUT2D eigenvalue weighted by Gasteiger charge is -2.25. The van der Waals surface area contributed by atoms with Crippen molar-refractivity contribution in [2.24, 2.45) is 10.9 Å². The molecule has 0 atom stereocenters. The second-order valence-electron chi connectivity index (χ2n) is 4.95. The molecule has 2 heterocycles. The predicted molar refractivity (Wildman–Crippen MR) is 80.9 cm³/mol. The van der Waals surface area contributed by atoms with Crippen molar-refractivity contribution in [1.29, 1.82) is 0 Å². The zero-order valence-corrected chi connectivity index (χ0v) is 11.6. The Bertz CT molecular complexity index is 671. The Morgan fingerprint density at radius 1 is 1.19 bits per heavy atom. The molecule has 1 aromatic heterocycles. The maximum absolute atomic E-state index is 8.94. The number of benzene rings is 1. The highest BCUT2D eigenvalue weighted by molar-refractivity contribution is 6.00. The number of para-hydroxylation sites is 1. The maximum Gasteiger partial charge on any atom is 0.192 e. The molecular weight excluding hydrogens is 266 g/mol. The third-order valence-corrected chi connectivity index (χ3v) is 3.65. The maximum atomic E-state index is 8.94. The largest absolute Gasteiger partial charge is 0.409 e. The zero-order valence-electron chi connectivity index (χ0n) is 11.6. The monoisotopic (exact) mass is 283 g/mol. The summed E-state index contributed by atoms with van der Waals surface area (Å²) in [5, 5.41) is 12.0. The molecule has 1 aliphatic heterocycles. The molecule has 108 valence electrons. The quantitative estimate of drug-likeness (QED) is 0.381. The van der Waals surface area contributed by atoms with Crippen LogP contribution < -0.4 is 10.6 Å². The van der Waals surface area contributed by atoms with E-state index >= 15 is 0 Å². The molecule has 0 saturated heterocycles. The van der Waals surface area contributed by atoms with Gasteiger partial charge < -0.3 is 15.8 Å². The predicted octanol–water partition coefficient (Wildman–Crippen LogP) is 2.05. The molecule has 0 fully saturated rings. The Kier molecular flexibility index (Phi) is 3.68. The molecule has 0 spiro atoms. The van der Waals surface area contributed by atoms with Crippen LogP contribution in [0, 0.1) is 0 Å². The Hall–Kier alpha value is -2.63. The van der Waals surface area contributed by atoms with Gasteiger partial charge in [-0.2, -0.15) is 0 Å². The highest BCUT2D eigenvalue weighted by atomic mass is 16.4. The molecule has 1 aromatic carbocycles. The average molecular weight is 283 g/mol. The second-order valence-corrected chi connectivity index (χ2v) is 4.95. The Balaban J connectivity index is 2.13. The molecule has 6 heteroatoms. The number of rotatable bonds is 2. The number of amidine groups is 1. The first-order valence-corrected chi connectivity index (χ1v) is 6.95. The lowest BCUT2D eigenvalue weighted by Crippen LogP contribution is -2.25. The molecule has 0 unspecified atom stereocenters. The molecule has 0 saturated carbocycles. The van der Waals surface area contributed by atoms with Crippen LogP contribution in [0.4, 0.5) is 11.5 Å². The summed E-state index contributed by atoms with van der Waals surface area (Å²) < 4.78 is 0. The minimum Gasteiger partial charge on any atom is -0.409 e. The molecule has 0 amide bonds. The van der Waals surface area contributed by atoms with E-state index in [1.807, 2.05) is 12.1 Å². The van der Waals surface area contributed by atoms with Gasteiger partial charge in [-0.25, -0.2) is 9.97 Å². The topological polar surface area (TPSA) is 87.6 Å². The Morgan fingerprint density at radius 3 is 2.86 bits per heavy atom. The summed E-state index contributed by atoms with van der Waals surface area (Å²) in [6.45, 7) is 0.835.